The van der Waals surface area contributed by atoms with Crippen LogP contribution >= 0.6 is 0 Å². The molecule has 208 valence electrons. The fourth-order valence-corrected chi connectivity index (χ4v) is 7.10. The quantitative estimate of drug-likeness (QED) is 0.160. The van der Waals surface area contributed by atoms with Crippen molar-refractivity contribution in [1.82, 2.24) is 0 Å². The van der Waals surface area contributed by atoms with E-state index >= 15 is 0 Å². The third kappa shape index (κ3) is 5.69. The van der Waals surface area contributed by atoms with E-state index in [4.69, 9.17) is 0 Å². The Hall–Kier alpha value is -3.12. The van der Waals surface area contributed by atoms with E-state index in [1.54, 1.807) is 11.1 Å². The molecule has 0 heterocycles. The number of benzene rings is 4. The van der Waals surface area contributed by atoms with E-state index in [0.717, 1.165) is 0 Å². The summed E-state index contributed by atoms with van der Waals surface area (Å²) in [6.45, 7) is 11.3. The summed E-state index contributed by atoms with van der Waals surface area (Å²) in [5.74, 6) is 0. The van der Waals surface area contributed by atoms with Crippen molar-refractivity contribution in [3.63, 3.8) is 0 Å². The van der Waals surface area contributed by atoms with Gasteiger partial charge in [-0.05, 0) is 95.8 Å². The number of hydrogen-bond acceptors (Lipinski definition) is 0. The second kappa shape index (κ2) is 12.6. The molecule has 0 bridgehead atoms. The molecular weight excluding hydrogens is 480 g/mol. The van der Waals surface area contributed by atoms with E-state index in [0.29, 0.717) is 0 Å². The molecule has 0 radical (unpaired) electrons. The summed E-state index contributed by atoms with van der Waals surface area (Å²) in [5.41, 5.74) is 15.6. The van der Waals surface area contributed by atoms with Gasteiger partial charge in [-0.3, -0.25) is 0 Å². The first-order valence-electron chi connectivity index (χ1n) is 15.9. The highest BCUT2D eigenvalue weighted by Crippen LogP contribution is 2.55. The average molecular weight is 529 g/mol. The first-order chi connectivity index (χ1) is 19.5. The Kier molecular flexibility index (Phi) is 8.94. The maximum Gasteiger partial charge on any atom is 0.0215 e. The van der Waals surface area contributed by atoms with Gasteiger partial charge in [0.15, 0.2) is 0 Å². The zero-order chi connectivity index (χ0) is 28.1. The molecule has 0 saturated carbocycles. The molecule has 0 saturated heterocycles. The number of hydrogen-bond donors (Lipinski definition) is 0. The van der Waals surface area contributed by atoms with Crippen LogP contribution < -0.4 is 0 Å². The lowest BCUT2D eigenvalue weighted by Crippen LogP contribution is -2.25. The Bertz CT molecular complexity index is 1420. The molecule has 0 aromatic heterocycles. The molecule has 1 aliphatic carbocycles. The maximum atomic E-state index is 2.58. The van der Waals surface area contributed by atoms with Crippen molar-refractivity contribution in [2.75, 3.05) is 0 Å². The van der Waals surface area contributed by atoms with Gasteiger partial charge in [0.25, 0.3) is 0 Å². The van der Waals surface area contributed by atoms with Gasteiger partial charge >= 0.3 is 0 Å². The van der Waals surface area contributed by atoms with Crippen LogP contribution in [0.15, 0.2) is 78.9 Å². The van der Waals surface area contributed by atoms with E-state index in [-0.39, 0.29) is 5.41 Å². The van der Waals surface area contributed by atoms with Gasteiger partial charge in [-0.1, -0.05) is 143 Å². The minimum atomic E-state index is 0.0848. The van der Waals surface area contributed by atoms with Crippen LogP contribution in [-0.4, -0.2) is 0 Å². The van der Waals surface area contributed by atoms with Crippen LogP contribution in [0.3, 0.4) is 0 Å². The van der Waals surface area contributed by atoms with Crippen LogP contribution in [0.1, 0.15) is 106 Å². The van der Waals surface area contributed by atoms with E-state index < -0.39 is 0 Å². The van der Waals surface area contributed by atoms with Gasteiger partial charge in [-0.15, -0.1) is 0 Å². The van der Waals surface area contributed by atoms with Crippen molar-refractivity contribution >= 4 is 0 Å². The highest BCUT2D eigenvalue weighted by molar-refractivity contribution is 5.86. The molecule has 4 aromatic carbocycles. The van der Waals surface area contributed by atoms with Gasteiger partial charge in [-0.25, -0.2) is 0 Å². The van der Waals surface area contributed by atoms with E-state index in [9.17, 15) is 0 Å². The Balaban J connectivity index is 1.66. The fraction of sp³-hybridized carbons (Fsp3) is 0.400. The van der Waals surface area contributed by atoms with Crippen molar-refractivity contribution in [2.45, 2.75) is 104 Å². The largest absolute Gasteiger partial charge is 0.0654 e. The first-order valence-corrected chi connectivity index (χ1v) is 15.9. The number of unbranched alkanes of at least 4 members (excludes halogenated alkanes) is 6. The van der Waals surface area contributed by atoms with Crippen LogP contribution in [-0.2, 0) is 5.41 Å². The molecule has 5 rings (SSSR count). The van der Waals surface area contributed by atoms with E-state index in [1.807, 2.05) is 0 Å². The average Bonchev–Trinajstić information content (AvgIpc) is 3.22. The highest BCUT2D eigenvalue weighted by atomic mass is 14.5. The molecule has 0 atom stereocenters. The Labute approximate surface area is 243 Å². The number of aryl methyl sites for hydroxylation is 3. The predicted molar refractivity (Wildman–Crippen MR) is 175 cm³/mol. The standard InChI is InChI=1S/C40H48/c1-6-8-10-12-24-40(25-13-11-9-7-2)38-27-33(32-17-14-29(3)15-18-32)19-22-36(38)37-23-20-34(28-39(37)40)35-21-16-30(4)26-31(35)5/h14-23,26-28H,6-13,24-25H2,1-5H3. The molecule has 0 aliphatic heterocycles. The minimum absolute atomic E-state index is 0.0848. The second-order valence-electron chi connectivity index (χ2n) is 12.4. The molecule has 4 aromatic rings. The minimum Gasteiger partial charge on any atom is -0.0654 e. The van der Waals surface area contributed by atoms with Crippen molar-refractivity contribution in [3.05, 3.63) is 107 Å². The van der Waals surface area contributed by atoms with Gasteiger partial charge in [0.2, 0.25) is 0 Å². The van der Waals surface area contributed by atoms with Crippen LogP contribution in [0.5, 0.6) is 0 Å². The molecule has 0 spiro atoms. The van der Waals surface area contributed by atoms with E-state index in [1.165, 1.54) is 114 Å². The lowest BCUT2D eigenvalue weighted by atomic mass is 9.70. The lowest BCUT2D eigenvalue weighted by Gasteiger charge is -2.33. The molecule has 1 aliphatic rings. The van der Waals surface area contributed by atoms with Gasteiger partial charge in [0.1, 0.15) is 0 Å². The summed E-state index contributed by atoms with van der Waals surface area (Å²) in [4.78, 5) is 0. The summed E-state index contributed by atoms with van der Waals surface area (Å²) >= 11 is 0. The van der Waals surface area contributed by atoms with Crippen LogP contribution in [0, 0.1) is 20.8 Å². The monoisotopic (exact) mass is 528 g/mol. The topological polar surface area (TPSA) is 0 Å². The van der Waals surface area contributed by atoms with Crippen LogP contribution in [0.25, 0.3) is 33.4 Å². The summed E-state index contributed by atoms with van der Waals surface area (Å²) in [6, 6.07) is 30.7. The summed E-state index contributed by atoms with van der Waals surface area (Å²) in [7, 11) is 0. The van der Waals surface area contributed by atoms with Crippen LogP contribution in [0.2, 0.25) is 0 Å². The van der Waals surface area contributed by atoms with E-state index in [2.05, 4.69) is 113 Å². The molecule has 0 N–H and O–H groups in total. The number of rotatable bonds is 12. The normalized spacial score (nSPS) is 13.3. The van der Waals surface area contributed by atoms with Crippen molar-refractivity contribution in [3.8, 4) is 33.4 Å². The maximum absolute atomic E-state index is 2.58. The molecule has 0 fully saturated rings. The van der Waals surface area contributed by atoms with Gasteiger partial charge < -0.3 is 0 Å². The third-order valence-corrected chi connectivity index (χ3v) is 9.35. The summed E-state index contributed by atoms with van der Waals surface area (Å²) in [6.07, 6.45) is 13.0. The van der Waals surface area contributed by atoms with Gasteiger partial charge in [0.05, 0.1) is 0 Å². The van der Waals surface area contributed by atoms with Gasteiger partial charge in [0, 0.05) is 5.41 Å². The molecular formula is C40H48. The highest BCUT2D eigenvalue weighted by Gasteiger charge is 2.42. The molecule has 0 unspecified atom stereocenters. The molecule has 40 heavy (non-hydrogen) atoms. The van der Waals surface area contributed by atoms with Crippen molar-refractivity contribution in [1.29, 1.82) is 0 Å². The van der Waals surface area contributed by atoms with Crippen molar-refractivity contribution < 1.29 is 0 Å². The second-order valence-corrected chi connectivity index (χ2v) is 12.4. The van der Waals surface area contributed by atoms with Crippen molar-refractivity contribution in [2.24, 2.45) is 0 Å². The lowest BCUT2D eigenvalue weighted by molar-refractivity contribution is 0.401. The Morgan fingerprint density at radius 2 is 0.950 bits per heavy atom. The Morgan fingerprint density at radius 1 is 0.450 bits per heavy atom. The third-order valence-electron chi connectivity index (χ3n) is 9.35. The smallest absolute Gasteiger partial charge is 0.0215 e. The van der Waals surface area contributed by atoms with Gasteiger partial charge in [-0.2, -0.15) is 0 Å². The summed E-state index contributed by atoms with van der Waals surface area (Å²) in [5, 5.41) is 0. The number of fused-ring (bicyclic) bond motifs is 3. The predicted octanol–water partition coefficient (Wildman–Crippen LogP) is 12.2. The van der Waals surface area contributed by atoms with Crippen LogP contribution in [0.4, 0.5) is 0 Å². The zero-order valence-corrected chi connectivity index (χ0v) is 25.6. The molecule has 0 heteroatoms. The molecule has 0 amide bonds. The first kappa shape index (κ1) is 28.4. The summed E-state index contributed by atoms with van der Waals surface area (Å²) < 4.78 is 0. The zero-order valence-electron chi connectivity index (χ0n) is 25.6. The SMILES string of the molecule is CCCCCCC1(CCCCCC)c2cc(-c3ccc(C)cc3)ccc2-c2ccc(-c3ccc(C)cc3C)cc21. The fourth-order valence-electron chi connectivity index (χ4n) is 7.10. The molecule has 0 nitrogen and oxygen atoms in total. The Morgan fingerprint density at radius 3 is 1.52 bits per heavy atom.